The number of benzene rings is 4. The van der Waals surface area contributed by atoms with Crippen molar-refractivity contribution < 1.29 is 0 Å². The first kappa shape index (κ1) is 14.9. The predicted molar refractivity (Wildman–Crippen MR) is 104 cm³/mol. The third-order valence-corrected chi connectivity index (χ3v) is 4.86. The summed E-state index contributed by atoms with van der Waals surface area (Å²) in [7, 11) is 0. The lowest BCUT2D eigenvalue weighted by Gasteiger charge is -2.19. The molecule has 0 heterocycles. The molecule has 1 unspecified atom stereocenters. The van der Waals surface area contributed by atoms with Gasteiger partial charge < -0.3 is 5.73 Å². The Kier molecular flexibility index (Phi) is 3.79. The van der Waals surface area contributed by atoms with E-state index in [0.29, 0.717) is 0 Å². The summed E-state index contributed by atoms with van der Waals surface area (Å²) in [5.41, 5.74) is 10.3. The molecule has 4 aromatic carbocycles. The minimum absolute atomic E-state index is 0.0325. The van der Waals surface area contributed by atoms with Crippen LogP contribution >= 0.6 is 0 Å². The molecule has 0 aromatic heterocycles. The van der Waals surface area contributed by atoms with E-state index in [9.17, 15) is 0 Å². The van der Waals surface area contributed by atoms with Gasteiger partial charge in [0.1, 0.15) is 0 Å². The molecule has 0 bridgehead atoms. The van der Waals surface area contributed by atoms with Gasteiger partial charge in [0.25, 0.3) is 0 Å². The van der Waals surface area contributed by atoms with Crippen LogP contribution in [0.25, 0.3) is 32.7 Å². The molecule has 0 fully saturated rings. The lowest BCUT2D eigenvalue weighted by Crippen LogP contribution is -2.11. The fourth-order valence-corrected chi connectivity index (χ4v) is 3.59. The highest BCUT2D eigenvalue weighted by atomic mass is 14.6. The van der Waals surface area contributed by atoms with Crippen LogP contribution in [0.5, 0.6) is 0 Å². The molecule has 4 rings (SSSR count). The Morgan fingerprint density at radius 2 is 1.29 bits per heavy atom. The topological polar surface area (TPSA) is 26.0 Å². The van der Waals surface area contributed by atoms with Crippen molar-refractivity contribution in [1.82, 2.24) is 0 Å². The summed E-state index contributed by atoms with van der Waals surface area (Å²) < 4.78 is 0. The average Bonchev–Trinajstić information content (AvgIpc) is 2.66. The van der Waals surface area contributed by atoms with E-state index in [1.54, 1.807) is 0 Å². The normalized spacial score (nSPS) is 12.6. The largest absolute Gasteiger partial charge is 0.324 e. The zero-order chi connectivity index (χ0) is 16.5. The third kappa shape index (κ3) is 2.38. The molecule has 118 valence electrons. The number of hydrogen-bond acceptors (Lipinski definition) is 1. The smallest absolute Gasteiger partial charge is 0.0304 e. The van der Waals surface area contributed by atoms with Crippen LogP contribution in [-0.2, 0) is 0 Å². The fraction of sp³-hybridized carbons (Fsp3) is 0.130. The summed E-state index contributed by atoms with van der Waals surface area (Å²) in [5, 5.41) is 5.05. The first-order valence-corrected chi connectivity index (χ1v) is 8.55. The third-order valence-electron chi connectivity index (χ3n) is 4.86. The van der Waals surface area contributed by atoms with Gasteiger partial charge in [-0.3, -0.25) is 0 Å². The van der Waals surface area contributed by atoms with Gasteiger partial charge in [-0.05, 0) is 44.7 Å². The first-order chi connectivity index (χ1) is 11.8. The maximum Gasteiger partial charge on any atom is 0.0304 e. The highest BCUT2D eigenvalue weighted by Gasteiger charge is 2.16. The minimum Gasteiger partial charge on any atom is -0.324 e. The van der Waals surface area contributed by atoms with E-state index in [1.807, 2.05) is 0 Å². The number of nitrogens with two attached hydrogens (primary N) is 1. The molecule has 0 spiro atoms. The predicted octanol–water partition coefficient (Wildman–Crippen LogP) is 6.07. The number of hydrogen-bond donors (Lipinski definition) is 1. The molecule has 1 nitrogen and oxygen atoms in total. The Hall–Kier alpha value is -2.64. The quantitative estimate of drug-likeness (QED) is 0.488. The van der Waals surface area contributed by atoms with E-state index in [0.717, 1.165) is 6.42 Å². The highest BCUT2D eigenvalue weighted by Crippen LogP contribution is 2.37. The van der Waals surface area contributed by atoms with Gasteiger partial charge >= 0.3 is 0 Å². The fourth-order valence-electron chi connectivity index (χ4n) is 3.59. The van der Waals surface area contributed by atoms with Crippen LogP contribution in [0.4, 0.5) is 0 Å². The Morgan fingerprint density at radius 3 is 2.04 bits per heavy atom. The van der Waals surface area contributed by atoms with Crippen molar-refractivity contribution in [3.63, 3.8) is 0 Å². The van der Waals surface area contributed by atoms with Crippen LogP contribution in [-0.4, -0.2) is 0 Å². The lowest BCUT2D eigenvalue weighted by molar-refractivity contribution is 0.706. The maximum absolute atomic E-state index is 6.54. The molecule has 24 heavy (non-hydrogen) atoms. The van der Waals surface area contributed by atoms with E-state index in [2.05, 4.69) is 85.8 Å². The molecule has 4 aromatic rings. The Bertz CT molecular complexity index is 1010. The van der Waals surface area contributed by atoms with Crippen LogP contribution in [0.1, 0.15) is 24.9 Å². The Morgan fingerprint density at radius 1 is 0.667 bits per heavy atom. The second-order valence-electron chi connectivity index (χ2n) is 6.29. The van der Waals surface area contributed by atoms with Crippen LogP contribution in [0.2, 0.25) is 0 Å². The van der Waals surface area contributed by atoms with Crippen molar-refractivity contribution >= 4 is 21.5 Å². The monoisotopic (exact) mass is 311 g/mol. The van der Waals surface area contributed by atoms with Crippen molar-refractivity contribution in [3.8, 4) is 11.1 Å². The van der Waals surface area contributed by atoms with E-state index in [1.165, 1.54) is 38.2 Å². The van der Waals surface area contributed by atoms with Crippen molar-refractivity contribution in [2.24, 2.45) is 5.73 Å². The summed E-state index contributed by atoms with van der Waals surface area (Å²) in [6.07, 6.45) is 0.922. The van der Waals surface area contributed by atoms with Gasteiger partial charge in [-0.15, -0.1) is 0 Å². The molecule has 0 aliphatic heterocycles. The molecule has 0 radical (unpaired) electrons. The van der Waals surface area contributed by atoms with Gasteiger partial charge in [0, 0.05) is 6.04 Å². The van der Waals surface area contributed by atoms with Crippen molar-refractivity contribution in [1.29, 1.82) is 0 Å². The van der Waals surface area contributed by atoms with E-state index in [-0.39, 0.29) is 6.04 Å². The molecular weight excluding hydrogens is 290 g/mol. The standard InChI is InChI=1S/C23H21N/c1-2-22(24)23-19-12-6-4-9-17(19)14-15-21(23)20-13-7-10-16-8-3-5-11-18(16)20/h3-15,22H,2,24H2,1H3. The maximum atomic E-state index is 6.54. The Balaban J connectivity index is 2.09. The summed E-state index contributed by atoms with van der Waals surface area (Å²) >= 11 is 0. The van der Waals surface area contributed by atoms with Gasteiger partial charge in [-0.2, -0.15) is 0 Å². The van der Waals surface area contributed by atoms with E-state index < -0.39 is 0 Å². The van der Waals surface area contributed by atoms with Gasteiger partial charge in [0.2, 0.25) is 0 Å². The van der Waals surface area contributed by atoms with Gasteiger partial charge in [0.15, 0.2) is 0 Å². The summed E-state index contributed by atoms with van der Waals surface area (Å²) in [4.78, 5) is 0. The molecule has 0 amide bonds. The van der Waals surface area contributed by atoms with Crippen molar-refractivity contribution in [2.45, 2.75) is 19.4 Å². The summed E-state index contributed by atoms with van der Waals surface area (Å²) in [6.45, 7) is 2.15. The molecule has 0 saturated carbocycles. The van der Waals surface area contributed by atoms with Gasteiger partial charge in [0.05, 0.1) is 0 Å². The van der Waals surface area contributed by atoms with Crippen LogP contribution in [0, 0.1) is 0 Å². The average molecular weight is 311 g/mol. The molecule has 0 saturated heterocycles. The zero-order valence-electron chi connectivity index (χ0n) is 13.9. The zero-order valence-corrected chi connectivity index (χ0v) is 13.9. The van der Waals surface area contributed by atoms with Crippen molar-refractivity contribution in [3.05, 3.63) is 84.4 Å². The molecule has 0 aliphatic rings. The van der Waals surface area contributed by atoms with E-state index >= 15 is 0 Å². The molecular formula is C23H21N. The van der Waals surface area contributed by atoms with Crippen LogP contribution < -0.4 is 5.73 Å². The summed E-state index contributed by atoms with van der Waals surface area (Å²) in [5.74, 6) is 0. The molecule has 1 atom stereocenters. The van der Waals surface area contributed by atoms with E-state index in [4.69, 9.17) is 5.73 Å². The Labute approximate surface area is 142 Å². The number of fused-ring (bicyclic) bond motifs is 2. The van der Waals surface area contributed by atoms with Crippen LogP contribution in [0.15, 0.2) is 78.9 Å². The van der Waals surface area contributed by atoms with Crippen molar-refractivity contribution in [2.75, 3.05) is 0 Å². The second kappa shape index (κ2) is 6.10. The SMILES string of the molecule is CCC(N)c1c(-c2cccc3ccccc23)ccc2ccccc12. The van der Waals surface area contributed by atoms with Gasteiger partial charge in [-0.25, -0.2) is 0 Å². The first-order valence-electron chi connectivity index (χ1n) is 8.55. The second-order valence-corrected chi connectivity index (χ2v) is 6.29. The van der Waals surface area contributed by atoms with Crippen LogP contribution in [0.3, 0.4) is 0 Å². The number of rotatable bonds is 3. The molecule has 0 aliphatic carbocycles. The highest BCUT2D eigenvalue weighted by molar-refractivity contribution is 6.01. The molecule has 1 heteroatoms. The minimum atomic E-state index is 0.0325. The van der Waals surface area contributed by atoms with Gasteiger partial charge in [-0.1, -0.05) is 85.8 Å². The summed E-state index contributed by atoms with van der Waals surface area (Å²) in [6, 6.07) is 28.1. The lowest BCUT2D eigenvalue weighted by atomic mass is 9.87. The molecule has 2 N–H and O–H groups in total.